The van der Waals surface area contributed by atoms with Gasteiger partial charge in [-0.1, -0.05) is 19.9 Å². The van der Waals surface area contributed by atoms with Crippen LogP contribution in [-0.2, 0) is 0 Å². The van der Waals surface area contributed by atoms with Gasteiger partial charge in [-0.3, -0.25) is 0 Å². The van der Waals surface area contributed by atoms with Gasteiger partial charge < -0.3 is 5.32 Å². The van der Waals surface area contributed by atoms with E-state index in [1.807, 2.05) is 19.2 Å². The molecule has 2 heteroatoms. The molecule has 1 rings (SSSR count). The molecule has 0 bridgehead atoms. The number of rotatable bonds is 2. The molecule has 1 aromatic heterocycles. The molecule has 1 heterocycles. The maximum atomic E-state index is 5.37. The van der Waals surface area contributed by atoms with Crippen molar-refractivity contribution < 1.29 is 0 Å². The van der Waals surface area contributed by atoms with Crippen molar-refractivity contribution in [2.75, 3.05) is 12.4 Å². The Labute approximate surface area is 79.4 Å². The second kappa shape index (κ2) is 3.95. The summed E-state index contributed by atoms with van der Waals surface area (Å²) in [7, 11) is 1.83. The van der Waals surface area contributed by atoms with Crippen LogP contribution in [0.4, 0.5) is 5.82 Å². The van der Waals surface area contributed by atoms with Crippen LogP contribution in [0.5, 0.6) is 0 Å². The van der Waals surface area contributed by atoms with E-state index in [9.17, 15) is 0 Å². The number of aromatic nitrogens is 1. The van der Waals surface area contributed by atoms with E-state index in [0.717, 1.165) is 17.1 Å². The van der Waals surface area contributed by atoms with E-state index in [1.54, 1.807) is 0 Å². The average molecular weight is 174 g/mol. The molecule has 0 aliphatic carbocycles. The zero-order valence-electron chi connectivity index (χ0n) is 8.26. The summed E-state index contributed by atoms with van der Waals surface area (Å²) in [5.41, 5.74) is 1.86. The minimum atomic E-state index is 0.421. The first-order valence-electron chi connectivity index (χ1n) is 4.34. The van der Waals surface area contributed by atoms with Crippen molar-refractivity contribution in [2.24, 2.45) is 0 Å². The topological polar surface area (TPSA) is 24.9 Å². The van der Waals surface area contributed by atoms with Crippen LogP contribution in [0.1, 0.15) is 31.0 Å². The van der Waals surface area contributed by atoms with Gasteiger partial charge >= 0.3 is 0 Å². The summed E-state index contributed by atoms with van der Waals surface area (Å²) in [4.78, 5) is 4.28. The highest BCUT2D eigenvalue weighted by molar-refractivity contribution is 5.44. The van der Waals surface area contributed by atoms with Gasteiger partial charge in [0.2, 0.25) is 0 Å². The lowest BCUT2D eigenvalue weighted by molar-refractivity contribution is 0.853. The molecular formula is C11H14N2. The summed E-state index contributed by atoms with van der Waals surface area (Å²) in [6, 6.07) is 3.97. The monoisotopic (exact) mass is 174 g/mol. The zero-order valence-corrected chi connectivity index (χ0v) is 8.26. The highest BCUT2D eigenvalue weighted by Gasteiger charge is 2.06. The van der Waals surface area contributed by atoms with Gasteiger partial charge in [0.05, 0.1) is 0 Å². The normalized spacial score (nSPS) is 9.77. The lowest BCUT2D eigenvalue weighted by atomic mass is 10.0. The Kier molecular flexibility index (Phi) is 2.92. The minimum Gasteiger partial charge on any atom is -0.373 e. The molecule has 0 aliphatic rings. The van der Waals surface area contributed by atoms with Crippen LogP contribution >= 0.6 is 0 Å². The average Bonchev–Trinajstić information content (AvgIpc) is 2.16. The molecule has 0 aromatic carbocycles. The smallest absolute Gasteiger partial charge is 0.127 e. The van der Waals surface area contributed by atoms with E-state index >= 15 is 0 Å². The molecule has 0 aliphatic heterocycles. The quantitative estimate of drug-likeness (QED) is 0.695. The lowest BCUT2D eigenvalue weighted by Gasteiger charge is -2.08. The molecule has 0 amide bonds. The predicted molar refractivity (Wildman–Crippen MR) is 55.8 cm³/mol. The third-order valence-corrected chi connectivity index (χ3v) is 1.94. The minimum absolute atomic E-state index is 0.421. The van der Waals surface area contributed by atoms with Gasteiger partial charge in [0.15, 0.2) is 0 Å². The first-order chi connectivity index (χ1) is 6.19. The summed E-state index contributed by atoms with van der Waals surface area (Å²) >= 11 is 0. The van der Waals surface area contributed by atoms with Gasteiger partial charge in [-0.2, -0.15) is 0 Å². The number of terminal acetylenes is 1. The second-order valence-corrected chi connectivity index (χ2v) is 3.18. The van der Waals surface area contributed by atoms with E-state index in [-0.39, 0.29) is 0 Å². The van der Waals surface area contributed by atoms with Crippen LogP contribution in [0.15, 0.2) is 12.1 Å². The standard InChI is InChI=1S/C11H14N2/c1-5-10-9(8(2)3)6-7-11(12-4)13-10/h1,6-8H,2-4H3,(H,12,13). The Bertz CT molecular complexity index is 334. The summed E-state index contributed by atoms with van der Waals surface area (Å²) in [5, 5.41) is 2.96. The second-order valence-electron chi connectivity index (χ2n) is 3.18. The number of nitrogens with zero attached hydrogens (tertiary/aromatic N) is 1. The zero-order chi connectivity index (χ0) is 9.84. The molecule has 2 nitrogen and oxygen atoms in total. The molecule has 0 saturated carbocycles. The summed E-state index contributed by atoms with van der Waals surface area (Å²) in [6.45, 7) is 4.22. The number of anilines is 1. The van der Waals surface area contributed by atoms with Crippen molar-refractivity contribution in [3.8, 4) is 12.3 Å². The van der Waals surface area contributed by atoms with Crippen LogP contribution in [-0.4, -0.2) is 12.0 Å². The van der Waals surface area contributed by atoms with E-state index in [0.29, 0.717) is 5.92 Å². The molecule has 13 heavy (non-hydrogen) atoms. The maximum Gasteiger partial charge on any atom is 0.127 e. The summed E-state index contributed by atoms with van der Waals surface area (Å²) in [6.07, 6.45) is 5.37. The van der Waals surface area contributed by atoms with Crippen LogP contribution in [0.2, 0.25) is 0 Å². The predicted octanol–water partition coefficient (Wildman–Crippen LogP) is 2.23. The van der Waals surface area contributed by atoms with E-state index in [2.05, 4.69) is 30.1 Å². The van der Waals surface area contributed by atoms with Gasteiger partial charge in [-0.15, -0.1) is 6.42 Å². The third kappa shape index (κ3) is 2.00. The molecule has 1 N–H and O–H groups in total. The molecule has 1 aromatic rings. The van der Waals surface area contributed by atoms with Crippen molar-refractivity contribution in [1.82, 2.24) is 4.98 Å². The van der Waals surface area contributed by atoms with E-state index in [4.69, 9.17) is 6.42 Å². The SMILES string of the molecule is C#Cc1nc(NC)ccc1C(C)C. The van der Waals surface area contributed by atoms with Gasteiger partial charge in [0.25, 0.3) is 0 Å². The molecular weight excluding hydrogens is 160 g/mol. The van der Waals surface area contributed by atoms with Crippen LogP contribution in [0, 0.1) is 12.3 Å². The molecule has 0 saturated heterocycles. The Morgan fingerprint density at radius 1 is 1.46 bits per heavy atom. The fraction of sp³-hybridized carbons (Fsp3) is 0.364. The molecule has 0 fully saturated rings. The Morgan fingerprint density at radius 3 is 2.62 bits per heavy atom. The fourth-order valence-corrected chi connectivity index (χ4v) is 1.19. The van der Waals surface area contributed by atoms with Crippen LogP contribution < -0.4 is 5.32 Å². The largest absolute Gasteiger partial charge is 0.373 e. The lowest BCUT2D eigenvalue weighted by Crippen LogP contribution is -1.99. The maximum absolute atomic E-state index is 5.37. The first-order valence-corrected chi connectivity index (χ1v) is 4.34. The Balaban J connectivity index is 3.18. The van der Waals surface area contributed by atoms with Gasteiger partial charge in [-0.05, 0) is 23.5 Å². The fourth-order valence-electron chi connectivity index (χ4n) is 1.19. The highest BCUT2D eigenvalue weighted by atomic mass is 15.0. The first kappa shape index (κ1) is 9.60. The number of pyridine rings is 1. The summed E-state index contributed by atoms with van der Waals surface area (Å²) in [5.74, 6) is 3.84. The molecule has 68 valence electrons. The molecule has 0 unspecified atom stereocenters. The van der Waals surface area contributed by atoms with Crippen molar-refractivity contribution in [3.05, 3.63) is 23.4 Å². The number of hydrogen-bond donors (Lipinski definition) is 1. The third-order valence-electron chi connectivity index (χ3n) is 1.94. The van der Waals surface area contributed by atoms with Crippen molar-refractivity contribution >= 4 is 5.82 Å². The molecule has 0 spiro atoms. The number of hydrogen-bond acceptors (Lipinski definition) is 2. The Hall–Kier alpha value is -1.49. The van der Waals surface area contributed by atoms with Gasteiger partial charge in [0, 0.05) is 7.05 Å². The molecule has 0 atom stereocenters. The highest BCUT2D eigenvalue weighted by Crippen LogP contribution is 2.18. The summed E-state index contributed by atoms with van der Waals surface area (Å²) < 4.78 is 0. The Morgan fingerprint density at radius 2 is 2.15 bits per heavy atom. The van der Waals surface area contributed by atoms with Crippen LogP contribution in [0.25, 0.3) is 0 Å². The van der Waals surface area contributed by atoms with Crippen molar-refractivity contribution in [1.29, 1.82) is 0 Å². The van der Waals surface area contributed by atoms with Crippen molar-refractivity contribution in [3.63, 3.8) is 0 Å². The van der Waals surface area contributed by atoms with Gasteiger partial charge in [0.1, 0.15) is 11.5 Å². The van der Waals surface area contributed by atoms with Crippen molar-refractivity contribution in [2.45, 2.75) is 19.8 Å². The number of nitrogens with one attached hydrogen (secondary N) is 1. The van der Waals surface area contributed by atoms with E-state index < -0.39 is 0 Å². The van der Waals surface area contributed by atoms with Crippen LogP contribution in [0.3, 0.4) is 0 Å². The van der Waals surface area contributed by atoms with E-state index in [1.165, 1.54) is 0 Å². The van der Waals surface area contributed by atoms with Gasteiger partial charge in [-0.25, -0.2) is 4.98 Å². The molecule has 0 radical (unpaired) electrons.